The van der Waals surface area contributed by atoms with Crippen LogP contribution in [0.1, 0.15) is 35.6 Å². The Balaban J connectivity index is 1.12. The van der Waals surface area contributed by atoms with Crippen molar-refractivity contribution >= 4 is 5.82 Å². The zero-order valence-electron chi connectivity index (χ0n) is 21.5. The molecule has 0 radical (unpaired) electrons. The molecule has 0 unspecified atom stereocenters. The molecule has 1 fully saturated rings. The van der Waals surface area contributed by atoms with Gasteiger partial charge in [-0.15, -0.1) is 10.2 Å². The Labute approximate surface area is 222 Å². The second kappa shape index (κ2) is 10.6. The maximum atomic E-state index is 6.12. The van der Waals surface area contributed by atoms with Gasteiger partial charge in [-0.1, -0.05) is 60.7 Å². The van der Waals surface area contributed by atoms with Crippen molar-refractivity contribution < 1.29 is 0 Å². The van der Waals surface area contributed by atoms with Crippen LogP contribution >= 0.6 is 0 Å². The molecule has 7 heteroatoms. The first-order valence-corrected chi connectivity index (χ1v) is 13.1. The largest absolute Gasteiger partial charge is 0.382 e. The summed E-state index contributed by atoms with van der Waals surface area (Å²) in [7, 11) is 0. The molecule has 0 aliphatic carbocycles. The Bertz CT molecular complexity index is 1500. The quantitative estimate of drug-likeness (QED) is 0.302. The molecule has 1 saturated heterocycles. The number of hydrogen-bond acceptors (Lipinski definition) is 6. The lowest BCUT2D eigenvalue weighted by molar-refractivity contribution is 0.203. The Hall–Kier alpha value is -4.36. The smallest absolute Gasteiger partial charge is 0.149 e. The van der Waals surface area contributed by atoms with Gasteiger partial charge in [-0.3, -0.25) is 15.0 Å². The van der Waals surface area contributed by atoms with Crippen molar-refractivity contribution in [1.29, 1.82) is 0 Å². The van der Waals surface area contributed by atoms with Crippen LogP contribution in [0.5, 0.6) is 0 Å². The summed E-state index contributed by atoms with van der Waals surface area (Å²) in [4.78, 5) is 6.95. The third kappa shape index (κ3) is 4.93. The predicted octanol–water partition coefficient (Wildman–Crippen LogP) is 5.87. The number of rotatable bonds is 6. The molecule has 0 amide bonds. The molecule has 38 heavy (non-hydrogen) atoms. The first-order valence-electron chi connectivity index (χ1n) is 13.1. The lowest BCUT2D eigenvalue weighted by atomic mass is 9.93. The molecule has 4 heterocycles. The molecule has 3 aromatic heterocycles. The van der Waals surface area contributed by atoms with Crippen LogP contribution in [0, 0.1) is 6.92 Å². The number of hydrogen-bond donors (Lipinski definition) is 2. The van der Waals surface area contributed by atoms with Crippen molar-refractivity contribution in [2.45, 2.75) is 32.2 Å². The fourth-order valence-corrected chi connectivity index (χ4v) is 5.31. The van der Waals surface area contributed by atoms with Gasteiger partial charge < -0.3 is 5.73 Å². The Morgan fingerprint density at radius 2 is 1.63 bits per heavy atom. The highest BCUT2D eigenvalue weighted by atomic mass is 15.2. The molecule has 5 aromatic rings. The summed E-state index contributed by atoms with van der Waals surface area (Å²) in [5.41, 5.74) is 15.5. The summed E-state index contributed by atoms with van der Waals surface area (Å²) < 4.78 is 0. The maximum Gasteiger partial charge on any atom is 0.149 e. The number of pyridine rings is 1. The Kier molecular flexibility index (Phi) is 6.67. The summed E-state index contributed by atoms with van der Waals surface area (Å²) in [6, 6.07) is 27.1. The molecule has 1 aliphatic heterocycles. The second-order valence-corrected chi connectivity index (χ2v) is 9.97. The van der Waals surface area contributed by atoms with Crippen LogP contribution in [0.2, 0.25) is 0 Å². The molecule has 0 atom stereocenters. The number of anilines is 1. The van der Waals surface area contributed by atoms with E-state index in [1.807, 2.05) is 43.3 Å². The van der Waals surface area contributed by atoms with Crippen LogP contribution in [0.15, 0.2) is 85.1 Å². The standard InChI is InChI=1S/C31H31N7/c1-21-29(24-7-3-2-4-8-24)30(36-37-31(21)32)25-12-10-22(11-13-25)20-38-17-14-23(15-18-38)27-19-28(35-34-27)26-9-5-6-16-33-26/h2-13,16,19,23H,14-15,17-18,20H2,1H3,(H2,32,37)(H,34,35). The highest BCUT2D eigenvalue weighted by Gasteiger charge is 2.23. The van der Waals surface area contributed by atoms with Gasteiger partial charge in [-0.05, 0) is 62.2 Å². The van der Waals surface area contributed by atoms with E-state index in [4.69, 9.17) is 5.73 Å². The van der Waals surface area contributed by atoms with Gasteiger partial charge in [0.2, 0.25) is 0 Å². The monoisotopic (exact) mass is 501 g/mol. The van der Waals surface area contributed by atoms with E-state index >= 15 is 0 Å². The second-order valence-electron chi connectivity index (χ2n) is 9.97. The molecular weight excluding hydrogens is 470 g/mol. The van der Waals surface area contributed by atoms with Crippen molar-refractivity contribution in [2.75, 3.05) is 18.8 Å². The lowest BCUT2D eigenvalue weighted by Gasteiger charge is -2.31. The van der Waals surface area contributed by atoms with Gasteiger partial charge >= 0.3 is 0 Å². The number of nitrogen functional groups attached to an aromatic ring is 1. The summed E-state index contributed by atoms with van der Waals surface area (Å²) in [5.74, 6) is 0.970. The van der Waals surface area contributed by atoms with Crippen molar-refractivity contribution in [2.24, 2.45) is 0 Å². The number of likely N-dealkylation sites (tertiary alicyclic amines) is 1. The normalized spacial score (nSPS) is 14.6. The van der Waals surface area contributed by atoms with Crippen LogP contribution in [-0.4, -0.2) is 43.4 Å². The molecule has 0 spiro atoms. The fourth-order valence-electron chi connectivity index (χ4n) is 5.31. The molecule has 7 nitrogen and oxygen atoms in total. The third-order valence-electron chi connectivity index (χ3n) is 7.50. The maximum absolute atomic E-state index is 6.12. The van der Waals surface area contributed by atoms with Gasteiger partial charge in [0.1, 0.15) is 17.2 Å². The average molecular weight is 502 g/mol. The van der Waals surface area contributed by atoms with Crippen molar-refractivity contribution in [3.63, 3.8) is 0 Å². The minimum Gasteiger partial charge on any atom is -0.382 e. The zero-order chi connectivity index (χ0) is 25.9. The SMILES string of the molecule is Cc1c(N)nnc(-c2ccc(CN3CCC(c4cc(-c5ccccn5)n[nH]4)CC3)cc2)c1-c1ccccc1. The average Bonchev–Trinajstić information content (AvgIpc) is 3.47. The molecule has 0 bridgehead atoms. The molecule has 0 saturated carbocycles. The summed E-state index contributed by atoms with van der Waals surface area (Å²) in [6.45, 7) is 5.07. The number of benzene rings is 2. The van der Waals surface area contributed by atoms with Crippen molar-refractivity contribution in [1.82, 2.24) is 30.3 Å². The fraction of sp³-hybridized carbons (Fsp3) is 0.226. The number of H-pyrrole nitrogens is 1. The number of piperidine rings is 1. The Morgan fingerprint density at radius 1 is 0.868 bits per heavy atom. The van der Waals surface area contributed by atoms with Gasteiger partial charge in [0.15, 0.2) is 0 Å². The lowest BCUT2D eigenvalue weighted by Crippen LogP contribution is -2.32. The van der Waals surface area contributed by atoms with E-state index in [0.717, 1.165) is 71.8 Å². The third-order valence-corrected chi connectivity index (χ3v) is 7.50. The van der Waals surface area contributed by atoms with Crippen LogP contribution in [0.4, 0.5) is 5.82 Å². The van der Waals surface area contributed by atoms with Gasteiger partial charge in [0.25, 0.3) is 0 Å². The predicted molar refractivity (Wildman–Crippen MR) is 151 cm³/mol. The van der Waals surface area contributed by atoms with Crippen LogP contribution in [0.25, 0.3) is 33.8 Å². The highest BCUT2D eigenvalue weighted by molar-refractivity contribution is 5.84. The minimum atomic E-state index is 0.468. The topological polar surface area (TPSA) is 96.6 Å². The minimum absolute atomic E-state index is 0.468. The van der Waals surface area contributed by atoms with Gasteiger partial charge in [-0.25, -0.2) is 0 Å². The molecule has 2 aromatic carbocycles. The highest BCUT2D eigenvalue weighted by Crippen LogP contribution is 2.35. The van der Waals surface area contributed by atoms with Crippen molar-refractivity contribution in [3.05, 3.63) is 102 Å². The number of aromatic nitrogens is 5. The van der Waals surface area contributed by atoms with Gasteiger partial charge in [0.05, 0.1) is 5.69 Å². The van der Waals surface area contributed by atoms with E-state index in [-0.39, 0.29) is 0 Å². The molecular formula is C31H31N7. The number of nitrogens with two attached hydrogens (primary N) is 1. The van der Waals surface area contributed by atoms with Gasteiger partial charge in [0, 0.05) is 41.0 Å². The van der Waals surface area contributed by atoms with Crippen LogP contribution < -0.4 is 5.73 Å². The molecule has 6 rings (SSSR count). The number of nitrogens with zero attached hydrogens (tertiary/aromatic N) is 5. The van der Waals surface area contributed by atoms with Crippen LogP contribution in [-0.2, 0) is 6.54 Å². The van der Waals surface area contributed by atoms with E-state index in [2.05, 4.69) is 72.7 Å². The molecule has 3 N–H and O–H groups in total. The van der Waals surface area contributed by atoms with E-state index in [1.165, 1.54) is 11.3 Å². The van der Waals surface area contributed by atoms with E-state index in [1.54, 1.807) is 6.20 Å². The first-order chi connectivity index (χ1) is 18.7. The first kappa shape index (κ1) is 24.0. The number of aromatic amines is 1. The summed E-state index contributed by atoms with van der Waals surface area (Å²) in [5, 5.41) is 16.5. The zero-order valence-corrected chi connectivity index (χ0v) is 21.5. The van der Waals surface area contributed by atoms with E-state index in [9.17, 15) is 0 Å². The Morgan fingerprint density at radius 3 is 2.37 bits per heavy atom. The molecule has 1 aliphatic rings. The number of nitrogens with one attached hydrogen (secondary N) is 1. The molecule has 190 valence electrons. The van der Waals surface area contributed by atoms with Gasteiger partial charge in [-0.2, -0.15) is 5.10 Å². The van der Waals surface area contributed by atoms with Crippen LogP contribution in [0.3, 0.4) is 0 Å². The summed E-state index contributed by atoms with van der Waals surface area (Å²) >= 11 is 0. The van der Waals surface area contributed by atoms with Crippen molar-refractivity contribution in [3.8, 4) is 33.8 Å². The van der Waals surface area contributed by atoms with E-state index in [0.29, 0.717) is 11.7 Å². The van der Waals surface area contributed by atoms with E-state index < -0.39 is 0 Å². The summed E-state index contributed by atoms with van der Waals surface area (Å²) in [6.07, 6.45) is 4.03.